The third-order valence-corrected chi connectivity index (χ3v) is 3.11. The summed E-state index contributed by atoms with van der Waals surface area (Å²) in [6.45, 7) is 7.13. The number of nitrogens with zero attached hydrogens (tertiary/aromatic N) is 1. The molecule has 0 saturated carbocycles. The molecular formula is C11H23N3O. The minimum atomic E-state index is 0.00491. The van der Waals surface area contributed by atoms with Gasteiger partial charge in [0.25, 0.3) is 0 Å². The highest BCUT2D eigenvalue weighted by atomic mass is 16.2. The van der Waals surface area contributed by atoms with Crippen molar-refractivity contribution in [2.75, 3.05) is 26.7 Å². The Morgan fingerprint density at radius 3 is 3.00 bits per heavy atom. The number of nitrogens with one attached hydrogen (secondary N) is 2. The topological polar surface area (TPSA) is 44.4 Å². The molecule has 0 aromatic heterocycles. The summed E-state index contributed by atoms with van der Waals surface area (Å²) >= 11 is 0. The minimum Gasteiger partial charge on any atom is -0.358 e. The van der Waals surface area contributed by atoms with E-state index in [0.717, 1.165) is 26.1 Å². The summed E-state index contributed by atoms with van der Waals surface area (Å²) in [4.78, 5) is 14.0. The number of carbonyl (C=O) groups excluding carboxylic acids is 1. The molecule has 2 atom stereocenters. The van der Waals surface area contributed by atoms with Gasteiger partial charge in [0.2, 0.25) is 5.91 Å². The van der Waals surface area contributed by atoms with Gasteiger partial charge in [-0.1, -0.05) is 13.3 Å². The van der Waals surface area contributed by atoms with Gasteiger partial charge in [0.15, 0.2) is 0 Å². The Bertz CT molecular complexity index is 208. The first-order chi connectivity index (χ1) is 7.20. The van der Waals surface area contributed by atoms with E-state index in [4.69, 9.17) is 0 Å². The van der Waals surface area contributed by atoms with Crippen LogP contribution in [0.2, 0.25) is 0 Å². The van der Waals surface area contributed by atoms with Crippen LogP contribution in [0.25, 0.3) is 0 Å². The van der Waals surface area contributed by atoms with Crippen LogP contribution in [0.5, 0.6) is 0 Å². The Morgan fingerprint density at radius 2 is 2.40 bits per heavy atom. The maximum absolute atomic E-state index is 11.7. The molecule has 2 unspecified atom stereocenters. The SMILES string of the molecule is CCCC(C)N1CCNCC1C(=O)NC. The summed E-state index contributed by atoms with van der Waals surface area (Å²) in [5.74, 6) is 0.130. The molecule has 1 aliphatic rings. The van der Waals surface area contributed by atoms with Crippen LogP contribution in [0.15, 0.2) is 0 Å². The van der Waals surface area contributed by atoms with Crippen LogP contribution in [0, 0.1) is 0 Å². The summed E-state index contributed by atoms with van der Waals surface area (Å²) < 4.78 is 0. The maximum Gasteiger partial charge on any atom is 0.238 e. The highest BCUT2D eigenvalue weighted by molar-refractivity contribution is 5.81. The van der Waals surface area contributed by atoms with Crippen molar-refractivity contribution in [1.29, 1.82) is 0 Å². The lowest BCUT2D eigenvalue weighted by Gasteiger charge is -2.39. The number of likely N-dealkylation sites (N-methyl/N-ethyl adjacent to an activating group) is 1. The van der Waals surface area contributed by atoms with E-state index in [2.05, 4.69) is 29.4 Å². The largest absolute Gasteiger partial charge is 0.358 e. The van der Waals surface area contributed by atoms with Gasteiger partial charge >= 0.3 is 0 Å². The first-order valence-electron chi connectivity index (χ1n) is 5.88. The molecule has 1 heterocycles. The first-order valence-corrected chi connectivity index (χ1v) is 5.88. The van der Waals surface area contributed by atoms with Gasteiger partial charge in [-0.05, 0) is 13.3 Å². The average Bonchev–Trinajstić information content (AvgIpc) is 2.28. The molecule has 1 fully saturated rings. The summed E-state index contributed by atoms with van der Waals surface area (Å²) in [6, 6.07) is 0.504. The van der Waals surface area contributed by atoms with E-state index in [1.54, 1.807) is 7.05 Å². The van der Waals surface area contributed by atoms with Gasteiger partial charge in [0, 0.05) is 32.7 Å². The van der Waals surface area contributed by atoms with Crippen molar-refractivity contribution in [1.82, 2.24) is 15.5 Å². The molecule has 2 N–H and O–H groups in total. The van der Waals surface area contributed by atoms with Gasteiger partial charge in [-0.25, -0.2) is 0 Å². The molecule has 4 nitrogen and oxygen atoms in total. The summed E-state index contributed by atoms with van der Waals surface area (Å²) in [6.07, 6.45) is 2.33. The molecule has 1 rings (SSSR count). The molecule has 0 radical (unpaired) electrons. The molecule has 1 amide bonds. The standard InChI is InChI=1S/C11H23N3O/c1-4-5-9(2)14-7-6-13-8-10(14)11(15)12-3/h9-10,13H,4-8H2,1-3H3,(H,12,15). The monoisotopic (exact) mass is 213 g/mol. The van der Waals surface area contributed by atoms with Gasteiger partial charge in [-0.3, -0.25) is 9.69 Å². The van der Waals surface area contributed by atoms with E-state index < -0.39 is 0 Å². The number of hydrogen-bond acceptors (Lipinski definition) is 3. The van der Waals surface area contributed by atoms with Gasteiger partial charge in [0.05, 0.1) is 0 Å². The Morgan fingerprint density at radius 1 is 1.67 bits per heavy atom. The van der Waals surface area contributed by atoms with Crippen LogP contribution in [-0.4, -0.2) is 49.6 Å². The summed E-state index contributed by atoms with van der Waals surface area (Å²) in [7, 11) is 1.71. The zero-order valence-corrected chi connectivity index (χ0v) is 10.0. The molecule has 1 saturated heterocycles. The lowest BCUT2D eigenvalue weighted by Crippen LogP contribution is -2.59. The van der Waals surface area contributed by atoms with E-state index in [1.165, 1.54) is 6.42 Å². The lowest BCUT2D eigenvalue weighted by molar-refractivity contribution is -0.127. The van der Waals surface area contributed by atoms with Crippen LogP contribution in [-0.2, 0) is 4.79 Å². The van der Waals surface area contributed by atoms with Gasteiger partial charge < -0.3 is 10.6 Å². The predicted octanol–water partition coefficient (Wildman–Crippen LogP) is 0.195. The third-order valence-electron chi connectivity index (χ3n) is 3.11. The number of hydrogen-bond donors (Lipinski definition) is 2. The smallest absolute Gasteiger partial charge is 0.238 e. The molecule has 0 bridgehead atoms. The minimum absolute atomic E-state index is 0.00491. The van der Waals surface area contributed by atoms with E-state index >= 15 is 0 Å². The van der Waals surface area contributed by atoms with Crippen LogP contribution in [0.4, 0.5) is 0 Å². The van der Waals surface area contributed by atoms with Crippen molar-refractivity contribution < 1.29 is 4.79 Å². The first kappa shape index (κ1) is 12.5. The van der Waals surface area contributed by atoms with Crippen LogP contribution < -0.4 is 10.6 Å². The number of rotatable bonds is 4. The van der Waals surface area contributed by atoms with Crippen molar-refractivity contribution in [3.05, 3.63) is 0 Å². The molecule has 0 aromatic carbocycles. The maximum atomic E-state index is 11.7. The van der Waals surface area contributed by atoms with Crippen molar-refractivity contribution in [2.24, 2.45) is 0 Å². The van der Waals surface area contributed by atoms with Crippen molar-refractivity contribution in [3.8, 4) is 0 Å². The second kappa shape index (κ2) is 6.08. The number of carbonyl (C=O) groups is 1. The predicted molar refractivity (Wildman–Crippen MR) is 61.8 cm³/mol. The van der Waals surface area contributed by atoms with E-state index in [0.29, 0.717) is 6.04 Å². The van der Waals surface area contributed by atoms with Gasteiger partial charge in [0.1, 0.15) is 6.04 Å². The van der Waals surface area contributed by atoms with Gasteiger partial charge in [-0.2, -0.15) is 0 Å². The molecule has 0 aliphatic carbocycles. The number of piperazine rings is 1. The Balaban J connectivity index is 2.60. The van der Waals surface area contributed by atoms with Gasteiger partial charge in [-0.15, -0.1) is 0 Å². The Hall–Kier alpha value is -0.610. The normalized spacial score (nSPS) is 24.9. The molecule has 4 heteroatoms. The molecule has 88 valence electrons. The fourth-order valence-corrected chi connectivity index (χ4v) is 2.24. The lowest BCUT2D eigenvalue weighted by atomic mass is 10.1. The van der Waals surface area contributed by atoms with Crippen LogP contribution >= 0.6 is 0 Å². The van der Waals surface area contributed by atoms with E-state index in [9.17, 15) is 4.79 Å². The molecule has 15 heavy (non-hydrogen) atoms. The zero-order valence-electron chi connectivity index (χ0n) is 10.0. The van der Waals surface area contributed by atoms with Crippen molar-refractivity contribution in [3.63, 3.8) is 0 Å². The van der Waals surface area contributed by atoms with E-state index in [-0.39, 0.29) is 11.9 Å². The molecule has 0 aromatic rings. The fourth-order valence-electron chi connectivity index (χ4n) is 2.24. The second-order valence-corrected chi connectivity index (χ2v) is 4.21. The van der Waals surface area contributed by atoms with Crippen molar-refractivity contribution in [2.45, 2.75) is 38.8 Å². The second-order valence-electron chi connectivity index (χ2n) is 4.21. The van der Waals surface area contributed by atoms with Crippen molar-refractivity contribution >= 4 is 5.91 Å². The molecule has 0 spiro atoms. The molecule has 1 aliphatic heterocycles. The summed E-state index contributed by atoms with van der Waals surface area (Å²) in [5.41, 5.74) is 0. The quantitative estimate of drug-likeness (QED) is 0.701. The molecular weight excluding hydrogens is 190 g/mol. The Kier molecular flexibility index (Phi) is 5.05. The van der Waals surface area contributed by atoms with Crippen LogP contribution in [0.1, 0.15) is 26.7 Å². The highest BCUT2D eigenvalue weighted by Crippen LogP contribution is 2.12. The van der Waals surface area contributed by atoms with Crippen LogP contribution in [0.3, 0.4) is 0 Å². The third kappa shape index (κ3) is 3.18. The summed E-state index contributed by atoms with van der Waals surface area (Å²) in [5, 5.41) is 6.02. The number of amides is 1. The average molecular weight is 213 g/mol. The highest BCUT2D eigenvalue weighted by Gasteiger charge is 2.30. The Labute approximate surface area is 92.4 Å². The zero-order chi connectivity index (χ0) is 11.3. The fraction of sp³-hybridized carbons (Fsp3) is 0.909. The van der Waals surface area contributed by atoms with E-state index in [1.807, 2.05) is 0 Å².